The Hall–Kier alpha value is -0.370. The monoisotopic (exact) mass is 195 g/mol. The largest absolute Gasteiger partial charge is 0.316 e. The van der Waals surface area contributed by atoms with Gasteiger partial charge in [0, 0.05) is 12.3 Å². The summed E-state index contributed by atoms with van der Waals surface area (Å²) in [6, 6.07) is 0. The molecule has 3 unspecified atom stereocenters. The van der Waals surface area contributed by atoms with Gasteiger partial charge in [-0.05, 0) is 50.6 Å². The fourth-order valence-corrected chi connectivity index (χ4v) is 3.10. The normalized spacial score (nSPS) is 36.8. The number of fused-ring (bicyclic) bond motifs is 2. The molecular weight excluding hydrogens is 174 g/mol. The minimum absolute atomic E-state index is 0.388. The van der Waals surface area contributed by atoms with Crippen molar-refractivity contribution in [1.82, 2.24) is 5.32 Å². The lowest BCUT2D eigenvalue weighted by molar-refractivity contribution is -0.126. The number of rotatable bonds is 3. The summed E-state index contributed by atoms with van der Waals surface area (Å²) in [6.07, 6.45) is 5.54. The average molecular weight is 195 g/mol. The lowest BCUT2D eigenvalue weighted by Gasteiger charge is -2.40. The summed E-state index contributed by atoms with van der Waals surface area (Å²) in [6.45, 7) is 4.37. The van der Waals surface area contributed by atoms with Gasteiger partial charge in [0.05, 0.1) is 0 Å². The first-order chi connectivity index (χ1) is 6.81. The van der Waals surface area contributed by atoms with Gasteiger partial charge in [0.25, 0.3) is 0 Å². The molecule has 80 valence electrons. The Morgan fingerprint density at radius 1 is 1.36 bits per heavy atom. The molecule has 0 radical (unpaired) electrons. The third-order valence-corrected chi connectivity index (χ3v) is 3.84. The van der Waals surface area contributed by atoms with Crippen molar-refractivity contribution in [1.29, 1.82) is 0 Å². The molecule has 1 heterocycles. The van der Waals surface area contributed by atoms with Crippen molar-refractivity contribution in [2.24, 2.45) is 17.8 Å². The first-order valence-electron chi connectivity index (χ1n) is 6.04. The van der Waals surface area contributed by atoms with E-state index in [0.29, 0.717) is 17.6 Å². The van der Waals surface area contributed by atoms with Gasteiger partial charge in [-0.2, -0.15) is 0 Å². The van der Waals surface area contributed by atoms with Gasteiger partial charge in [-0.15, -0.1) is 0 Å². The van der Waals surface area contributed by atoms with Crippen LogP contribution in [0.5, 0.6) is 0 Å². The Labute approximate surface area is 86.5 Å². The molecule has 2 aliphatic rings. The number of nitrogens with one attached hydrogen (secondary N) is 1. The second-order valence-electron chi connectivity index (χ2n) is 4.92. The number of hydrogen-bond acceptors (Lipinski definition) is 2. The van der Waals surface area contributed by atoms with Gasteiger partial charge < -0.3 is 5.32 Å². The maximum absolute atomic E-state index is 11.9. The highest BCUT2D eigenvalue weighted by Gasteiger charge is 2.36. The van der Waals surface area contributed by atoms with Crippen LogP contribution in [0.2, 0.25) is 0 Å². The van der Waals surface area contributed by atoms with Crippen LogP contribution in [0.15, 0.2) is 0 Å². The summed E-state index contributed by atoms with van der Waals surface area (Å²) >= 11 is 0. The van der Waals surface area contributed by atoms with E-state index in [1.165, 1.54) is 19.4 Å². The molecule has 0 aromatic rings. The van der Waals surface area contributed by atoms with Crippen LogP contribution in [0.3, 0.4) is 0 Å². The maximum atomic E-state index is 11.9. The molecule has 1 aliphatic carbocycles. The van der Waals surface area contributed by atoms with E-state index in [1.54, 1.807) is 0 Å². The van der Waals surface area contributed by atoms with Crippen molar-refractivity contribution in [3.63, 3.8) is 0 Å². The van der Waals surface area contributed by atoms with Crippen molar-refractivity contribution >= 4 is 5.78 Å². The standard InChI is InChI=1S/C12H21NO/c1-2-3-12(14)11-5-4-9-6-10(11)8-13-7-9/h9-11,13H,2-8H2,1H3. The van der Waals surface area contributed by atoms with E-state index < -0.39 is 0 Å². The molecule has 2 heteroatoms. The Bertz CT molecular complexity index is 214. The third kappa shape index (κ3) is 2.00. The SMILES string of the molecule is CCCC(=O)C1CCC2CNCC1C2. The highest BCUT2D eigenvalue weighted by Crippen LogP contribution is 2.36. The first-order valence-corrected chi connectivity index (χ1v) is 6.04. The van der Waals surface area contributed by atoms with Gasteiger partial charge in [-0.3, -0.25) is 4.79 Å². The summed E-state index contributed by atoms with van der Waals surface area (Å²) < 4.78 is 0. The van der Waals surface area contributed by atoms with Crippen molar-refractivity contribution in [3.8, 4) is 0 Å². The van der Waals surface area contributed by atoms with E-state index in [2.05, 4.69) is 12.2 Å². The highest BCUT2D eigenvalue weighted by atomic mass is 16.1. The minimum Gasteiger partial charge on any atom is -0.316 e. The predicted molar refractivity (Wildman–Crippen MR) is 57.1 cm³/mol. The van der Waals surface area contributed by atoms with Crippen molar-refractivity contribution < 1.29 is 4.79 Å². The fraction of sp³-hybridized carbons (Fsp3) is 0.917. The van der Waals surface area contributed by atoms with E-state index in [0.717, 1.165) is 31.7 Å². The van der Waals surface area contributed by atoms with Crippen molar-refractivity contribution in [3.05, 3.63) is 0 Å². The van der Waals surface area contributed by atoms with Gasteiger partial charge in [-0.25, -0.2) is 0 Å². The molecule has 2 bridgehead atoms. The molecule has 3 atom stereocenters. The number of ketones is 1. The molecule has 2 fully saturated rings. The summed E-state index contributed by atoms with van der Waals surface area (Å²) in [5.41, 5.74) is 0. The number of carbonyl (C=O) groups is 1. The molecule has 14 heavy (non-hydrogen) atoms. The van der Waals surface area contributed by atoms with Gasteiger partial charge in [0.15, 0.2) is 0 Å². The minimum atomic E-state index is 0.388. The molecule has 1 aliphatic heterocycles. The van der Waals surface area contributed by atoms with Gasteiger partial charge in [0.1, 0.15) is 5.78 Å². The van der Waals surface area contributed by atoms with Gasteiger partial charge in [0.2, 0.25) is 0 Å². The molecule has 0 spiro atoms. The lowest BCUT2D eigenvalue weighted by Crippen LogP contribution is -2.45. The van der Waals surface area contributed by atoms with Crippen LogP contribution in [0, 0.1) is 17.8 Å². The van der Waals surface area contributed by atoms with Gasteiger partial charge in [-0.1, -0.05) is 6.92 Å². The van der Waals surface area contributed by atoms with E-state index in [1.807, 2.05) is 0 Å². The zero-order valence-electron chi connectivity index (χ0n) is 9.09. The second kappa shape index (κ2) is 4.43. The Balaban J connectivity index is 1.95. The van der Waals surface area contributed by atoms with Crippen molar-refractivity contribution in [2.75, 3.05) is 13.1 Å². The van der Waals surface area contributed by atoms with Crippen LogP contribution >= 0.6 is 0 Å². The number of hydrogen-bond donors (Lipinski definition) is 1. The van der Waals surface area contributed by atoms with Crippen LogP contribution in [0.1, 0.15) is 39.0 Å². The highest BCUT2D eigenvalue weighted by molar-refractivity contribution is 5.81. The summed E-state index contributed by atoms with van der Waals surface area (Å²) in [5, 5.41) is 3.46. The Morgan fingerprint density at radius 2 is 2.21 bits per heavy atom. The van der Waals surface area contributed by atoms with E-state index in [-0.39, 0.29) is 0 Å². The van der Waals surface area contributed by atoms with Crippen LogP contribution < -0.4 is 5.32 Å². The molecule has 2 rings (SSSR count). The molecular formula is C12H21NO. The first kappa shape index (κ1) is 10.2. The molecule has 0 aromatic heterocycles. The number of piperidine rings is 1. The Kier molecular flexibility index (Phi) is 3.22. The molecule has 1 N–H and O–H groups in total. The zero-order chi connectivity index (χ0) is 9.97. The molecule has 1 saturated heterocycles. The molecule has 0 aromatic carbocycles. The summed E-state index contributed by atoms with van der Waals surface area (Å²) in [5.74, 6) is 2.43. The summed E-state index contributed by atoms with van der Waals surface area (Å²) in [4.78, 5) is 11.9. The third-order valence-electron chi connectivity index (χ3n) is 3.84. The number of Topliss-reactive ketones (excluding diaryl/α,β-unsaturated/α-hetero) is 1. The average Bonchev–Trinajstić information content (AvgIpc) is 2.18. The van der Waals surface area contributed by atoms with Crippen LogP contribution in [-0.4, -0.2) is 18.9 Å². The van der Waals surface area contributed by atoms with Crippen LogP contribution in [0.25, 0.3) is 0 Å². The van der Waals surface area contributed by atoms with Crippen molar-refractivity contribution in [2.45, 2.75) is 39.0 Å². The van der Waals surface area contributed by atoms with Crippen LogP contribution in [-0.2, 0) is 4.79 Å². The van der Waals surface area contributed by atoms with E-state index in [4.69, 9.17) is 0 Å². The molecule has 0 amide bonds. The fourth-order valence-electron chi connectivity index (χ4n) is 3.10. The maximum Gasteiger partial charge on any atom is 0.136 e. The molecule has 2 nitrogen and oxygen atoms in total. The predicted octanol–water partition coefficient (Wildman–Crippen LogP) is 1.99. The molecule has 1 saturated carbocycles. The van der Waals surface area contributed by atoms with Crippen LogP contribution in [0.4, 0.5) is 0 Å². The van der Waals surface area contributed by atoms with Gasteiger partial charge >= 0.3 is 0 Å². The lowest BCUT2D eigenvalue weighted by atomic mass is 9.70. The quantitative estimate of drug-likeness (QED) is 0.746. The second-order valence-corrected chi connectivity index (χ2v) is 4.92. The zero-order valence-corrected chi connectivity index (χ0v) is 9.09. The number of carbonyl (C=O) groups excluding carboxylic acids is 1. The Morgan fingerprint density at radius 3 is 3.00 bits per heavy atom. The van der Waals surface area contributed by atoms with E-state index >= 15 is 0 Å². The topological polar surface area (TPSA) is 29.1 Å². The van der Waals surface area contributed by atoms with E-state index in [9.17, 15) is 4.79 Å². The smallest absolute Gasteiger partial charge is 0.136 e. The summed E-state index contributed by atoms with van der Waals surface area (Å²) in [7, 11) is 0.